The highest BCUT2D eigenvalue weighted by Crippen LogP contribution is 2.21. The lowest BCUT2D eigenvalue weighted by Crippen LogP contribution is -2.28. The molecule has 6 heteroatoms. The van der Waals surface area contributed by atoms with Gasteiger partial charge in [-0.2, -0.15) is 0 Å². The molecule has 104 valence electrons. The third-order valence-electron chi connectivity index (χ3n) is 3.13. The van der Waals surface area contributed by atoms with Crippen molar-refractivity contribution in [1.82, 2.24) is 0 Å². The predicted octanol–water partition coefficient (Wildman–Crippen LogP) is 1.73. The summed E-state index contributed by atoms with van der Waals surface area (Å²) in [6.45, 7) is 0.570. The van der Waals surface area contributed by atoms with Crippen molar-refractivity contribution in [1.29, 1.82) is 0 Å². The van der Waals surface area contributed by atoms with E-state index in [4.69, 9.17) is 9.84 Å². The molecule has 1 saturated heterocycles. The lowest BCUT2D eigenvalue weighted by atomic mass is 10.1. The van der Waals surface area contributed by atoms with Crippen molar-refractivity contribution in [2.24, 2.45) is 0 Å². The van der Waals surface area contributed by atoms with E-state index in [9.17, 15) is 13.2 Å². The Labute approximate surface area is 112 Å². The number of benzene rings is 1. The van der Waals surface area contributed by atoms with Crippen LogP contribution in [0.5, 0.6) is 0 Å². The molecule has 1 N–H and O–H groups in total. The summed E-state index contributed by atoms with van der Waals surface area (Å²) in [5, 5.41) is 9.04. The van der Waals surface area contributed by atoms with Gasteiger partial charge in [-0.15, -0.1) is 0 Å². The van der Waals surface area contributed by atoms with E-state index < -0.39 is 15.8 Å². The van der Waals surface area contributed by atoms with Crippen molar-refractivity contribution in [2.75, 3.05) is 12.4 Å². The van der Waals surface area contributed by atoms with Gasteiger partial charge in [0.25, 0.3) is 0 Å². The van der Waals surface area contributed by atoms with E-state index in [2.05, 4.69) is 0 Å². The quantitative estimate of drug-likeness (QED) is 0.910. The van der Waals surface area contributed by atoms with Gasteiger partial charge >= 0.3 is 5.97 Å². The van der Waals surface area contributed by atoms with Crippen LogP contribution < -0.4 is 0 Å². The Morgan fingerprint density at radius 3 is 2.68 bits per heavy atom. The Bertz CT molecular complexity index is 558. The van der Waals surface area contributed by atoms with Crippen molar-refractivity contribution in [3.8, 4) is 0 Å². The fourth-order valence-corrected chi connectivity index (χ4v) is 3.90. The molecular formula is C13H16O5S. The smallest absolute Gasteiger partial charge is 0.337 e. The molecule has 1 aromatic rings. The highest BCUT2D eigenvalue weighted by molar-refractivity contribution is 7.91. The van der Waals surface area contributed by atoms with Crippen LogP contribution >= 0.6 is 0 Å². The maximum Gasteiger partial charge on any atom is 0.337 e. The molecule has 2 rings (SSSR count). The number of carbonyl (C=O) groups is 1. The molecule has 1 aliphatic rings. The zero-order valence-electron chi connectivity index (χ0n) is 10.4. The van der Waals surface area contributed by atoms with Crippen LogP contribution in [0.15, 0.2) is 29.2 Å². The van der Waals surface area contributed by atoms with E-state index in [-0.39, 0.29) is 22.3 Å². The Morgan fingerprint density at radius 2 is 2.05 bits per heavy atom. The Kier molecular flexibility index (Phi) is 4.21. The maximum absolute atomic E-state index is 12.3. The summed E-state index contributed by atoms with van der Waals surface area (Å²) in [6.07, 6.45) is 2.26. The second-order valence-corrected chi connectivity index (χ2v) is 6.57. The van der Waals surface area contributed by atoms with Crippen LogP contribution in [0.25, 0.3) is 0 Å². The number of aromatic carboxylic acids is 1. The van der Waals surface area contributed by atoms with Crippen LogP contribution in [-0.4, -0.2) is 38.0 Å². The second-order valence-electron chi connectivity index (χ2n) is 4.57. The topological polar surface area (TPSA) is 80.7 Å². The van der Waals surface area contributed by atoms with Crippen molar-refractivity contribution in [3.63, 3.8) is 0 Å². The zero-order chi connectivity index (χ0) is 13.9. The minimum absolute atomic E-state index is 0.128. The highest BCUT2D eigenvalue weighted by Gasteiger charge is 2.27. The number of sulfone groups is 1. The molecular weight excluding hydrogens is 268 g/mol. The van der Waals surface area contributed by atoms with E-state index in [1.165, 1.54) is 24.3 Å². The first-order chi connectivity index (χ1) is 9.00. The van der Waals surface area contributed by atoms with Gasteiger partial charge in [-0.25, -0.2) is 13.2 Å². The molecule has 0 amide bonds. The van der Waals surface area contributed by atoms with E-state index in [1.54, 1.807) is 0 Å². The van der Waals surface area contributed by atoms with Crippen LogP contribution in [0.4, 0.5) is 0 Å². The van der Waals surface area contributed by atoms with Crippen molar-refractivity contribution >= 4 is 15.8 Å². The number of carboxylic acids is 1. The van der Waals surface area contributed by atoms with Crippen LogP contribution in [0.2, 0.25) is 0 Å². The summed E-state index contributed by atoms with van der Waals surface area (Å²) in [5.74, 6) is -1.39. The van der Waals surface area contributed by atoms with Gasteiger partial charge in [-0.1, -0.05) is 12.1 Å². The van der Waals surface area contributed by atoms with E-state index in [1.807, 2.05) is 0 Å². The molecule has 19 heavy (non-hydrogen) atoms. The summed E-state index contributed by atoms with van der Waals surface area (Å²) in [6, 6.07) is 5.68. The molecule has 0 bridgehead atoms. The molecule has 0 saturated carbocycles. The first-order valence-corrected chi connectivity index (χ1v) is 7.82. The van der Waals surface area contributed by atoms with Gasteiger partial charge in [0, 0.05) is 6.61 Å². The van der Waals surface area contributed by atoms with Gasteiger partial charge in [-0.3, -0.25) is 0 Å². The monoisotopic (exact) mass is 284 g/mol. The number of rotatable bonds is 4. The number of ether oxygens (including phenoxy) is 1. The lowest BCUT2D eigenvalue weighted by molar-refractivity contribution is 0.0305. The third kappa shape index (κ3) is 3.33. The van der Waals surface area contributed by atoms with Crippen LogP contribution in [-0.2, 0) is 14.6 Å². The van der Waals surface area contributed by atoms with E-state index >= 15 is 0 Å². The normalized spacial score (nSPS) is 20.1. The fraction of sp³-hybridized carbons (Fsp3) is 0.462. The predicted molar refractivity (Wildman–Crippen MR) is 69.0 cm³/mol. The summed E-state index contributed by atoms with van der Waals surface area (Å²) in [5.41, 5.74) is -0.182. The molecule has 0 aromatic heterocycles. The van der Waals surface area contributed by atoms with Gasteiger partial charge in [-0.05, 0) is 31.4 Å². The third-order valence-corrected chi connectivity index (χ3v) is 4.97. The van der Waals surface area contributed by atoms with Crippen molar-refractivity contribution in [3.05, 3.63) is 29.8 Å². The van der Waals surface area contributed by atoms with Crippen LogP contribution in [0.3, 0.4) is 0 Å². The molecule has 1 aromatic carbocycles. The molecule has 1 heterocycles. The molecule has 1 unspecified atom stereocenters. The number of hydrogen-bond donors (Lipinski definition) is 1. The van der Waals surface area contributed by atoms with Gasteiger partial charge in [0.05, 0.1) is 22.3 Å². The van der Waals surface area contributed by atoms with Crippen LogP contribution in [0.1, 0.15) is 29.6 Å². The summed E-state index contributed by atoms with van der Waals surface area (Å²) < 4.78 is 30.0. The number of hydrogen-bond acceptors (Lipinski definition) is 4. The maximum atomic E-state index is 12.3. The van der Waals surface area contributed by atoms with Gasteiger partial charge in [0.2, 0.25) is 0 Å². The summed E-state index contributed by atoms with van der Waals surface area (Å²) in [7, 11) is -3.64. The highest BCUT2D eigenvalue weighted by atomic mass is 32.2. The first kappa shape index (κ1) is 14.0. The second kappa shape index (κ2) is 5.71. The standard InChI is InChI=1S/C13H16O5S/c14-13(15)11-6-1-2-7-12(11)19(16,17)9-10-5-3-4-8-18-10/h1-2,6-7,10H,3-5,8-9H2,(H,14,15). The van der Waals surface area contributed by atoms with Gasteiger partial charge < -0.3 is 9.84 Å². The SMILES string of the molecule is O=C(O)c1ccccc1S(=O)(=O)CC1CCCCO1. The molecule has 0 aliphatic carbocycles. The van der Waals surface area contributed by atoms with E-state index in [0.29, 0.717) is 13.0 Å². The molecule has 5 nitrogen and oxygen atoms in total. The van der Waals surface area contributed by atoms with Gasteiger partial charge in [0.15, 0.2) is 9.84 Å². The number of carboxylic acid groups (broad SMARTS) is 1. The van der Waals surface area contributed by atoms with Crippen molar-refractivity contribution < 1.29 is 23.1 Å². The minimum Gasteiger partial charge on any atom is -0.478 e. The average molecular weight is 284 g/mol. The van der Waals surface area contributed by atoms with E-state index in [0.717, 1.165) is 12.8 Å². The lowest BCUT2D eigenvalue weighted by Gasteiger charge is -2.22. The first-order valence-electron chi connectivity index (χ1n) is 6.17. The zero-order valence-corrected chi connectivity index (χ0v) is 11.2. The summed E-state index contributed by atoms with van der Waals surface area (Å²) >= 11 is 0. The molecule has 0 spiro atoms. The Balaban J connectivity index is 2.26. The fourth-order valence-electron chi connectivity index (χ4n) is 2.19. The van der Waals surface area contributed by atoms with Gasteiger partial charge in [0.1, 0.15) is 0 Å². The molecule has 1 aliphatic heterocycles. The molecule has 1 fully saturated rings. The molecule has 0 radical (unpaired) electrons. The molecule has 1 atom stereocenters. The largest absolute Gasteiger partial charge is 0.478 e. The summed E-state index contributed by atoms with van der Waals surface area (Å²) in [4.78, 5) is 10.9. The Morgan fingerprint density at radius 1 is 1.32 bits per heavy atom. The Hall–Kier alpha value is -1.40. The van der Waals surface area contributed by atoms with Crippen LogP contribution in [0, 0.1) is 0 Å². The average Bonchev–Trinajstić information content (AvgIpc) is 2.39. The van der Waals surface area contributed by atoms with Crippen molar-refractivity contribution in [2.45, 2.75) is 30.3 Å². The minimum atomic E-state index is -3.64.